The number of benzene rings is 3. The maximum absolute atomic E-state index is 11.7. The summed E-state index contributed by atoms with van der Waals surface area (Å²) in [6, 6.07) is 15.7. The van der Waals surface area contributed by atoms with Gasteiger partial charge in [-0.1, -0.05) is 24.3 Å². The Kier molecular flexibility index (Phi) is 5.52. The molecular formula is C28H27NO5. The van der Waals surface area contributed by atoms with Crippen molar-refractivity contribution in [3.63, 3.8) is 0 Å². The number of fused-ring (bicyclic) bond motifs is 2. The summed E-state index contributed by atoms with van der Waals surface area (Å²) < 4.78 is 12.1. The minimum atomic E-state index is -0.824. The number of aliphatic carboxylic acids is 1. The molecule has 3 aromatic rings. The monoisotopic (exact) mass is 457 g/mol. The van der Waals surface area contributed by atoms with Crippen molar-refractivity contribution < 1.29 is 24.2 Å². The highest BCUT2D eigenvalue weighted by Crippen LogP contribution is 2.44. The quantitative estimate of drug-likeness (QED) is 0.537. The molecule has 2 unspecified atom stereocenters. The summed E-state index contributed by atoms with van der Waals surface area (Å²) in [5.41, 5.74) is 13.7. The van der Waals surface area contributed by atoms with Crippen LogP contribution in [0.4, 0.5) is 0 Å². The zero-order chi connectivity index (χ0) is 24.0. The Balaban J connectivity index is 1.42. The van der Waals surface area contributed by atoms with Crippen molar-refractivity contribution in [2.75, 3.05) is 6.61 Å². The number of amides is 1. The Labute approximate surface area is 198 Å². The SMILES string of the molecule is Cc1cc(C(N)=O)cc(C)c1-c1cccc2c1CCC2Oc1ccc2c(c1)OCC2CC(=O)O. The molecule has 1 aliphatic heterocycles. The molecule has 0 spiro atoms. The molecule has 0 fully saturated rings. The second-order valence-corrected chi connectivity index (χ2v) is 9.17. The molecule has 5 rings (SSSR count). The van der Waals surface area contributed by atoms with Gasteiger partial charge in [0.05, 0.1) is 13.0 Å². The number of carboxylic acid groups (broad SMARTS) is 1. The van der Waals surface area contributed by atoms with Crippen LogP contribution in [0.15, 0.2) is 48.5 Å². The van der Waals surface area contributed by atoms with Gasteiger partial charge in [0, 0.05) is 23.1 Å². The Hall–Kier alpha value is -3.80. The van der Waals surface area contributed by atoms with Crippen molar-refractivity contribution in [3.05, 3.63) is 81.9 Å². The zero-order valence-electron chi connectivity index (χ0n) is 19.3. The Morgan fingerprint density at radius 1 is 1.09 bits per heavy atom. The molecule has 3 aromatic carbocycles. The summed E-state index contributed by atoms with van der Waals surface area (Å²) in [5.74, 6) is 0.0587. The number of carbonyl (C=O) groups is 2. The molecule has 34 heavy (non-hydrogen) atoms. The van der Waals surface area contributed by atoms with Gasteiger partial charge in [0.2, 0.25) is 5.91 Å². The highest BCUT2D eigenvalue weighted by atomic mass is 16.5. The maximum Gasteiger partial charge on any atom is 0.304 e. The molecule has 6 nitrogen and oxygen atoms in total. The van der Waals surface area contributed by atoms with Crippen LogP contribution in [0, 0.1) is 13.8 Å². The first-order valence-corrected chi connectivity index (χ1v) is 11.5. The molecular weight excluding hydrogens is 430 g/mol. The lowest BCUT2D eigenvalue weighted by Gasteiger charge is -2.18. The van der Waals surface area contributed by atoms with Gasteiger partial charge in [-0.15, -0.1) is 0 Å². The smallest absolute Gasteiger partial charge is 0.304 e. The average molecular weight is 458 g/mol. The highest BCUT2D eigenvalue weighted by Gasteiger charge is 2.30. The lowest BCUT2D eigenvalue weighted by atomic mass is 9.89. The third-order valence-electron chi connectivity index (χ3n) is 6.87. The number of nitrogens with two attached hydrogens (primary N) is 1. The van der Waals surface area contributed by atoms with E-state index >= 15 is 0 Å². The van der Waals surface area contributed by atoms with Gasteiger partial charge in [0.1, 0.15) is 17.6 Å². The van der Waals surface area contributed by atoms with Gasteiger partial charge >= 0.3 is 5.97 Å². The number of rotatable bonds is 6. The van der Waals surface area contributed by atoms with E-state index in [-0.39, 0.29) is 18.4 Å². The third kappa shape index (κ3) is 3.89. The zero-order valence-corrected chi connectivity index (χ0v) is 19.3. The lowest BCUT2D eigenvalue weighted by Crippen LogP contribution is -2.11. The van der Waals surface area contributed by atoms with Crippen LogP contribution in [0.3, 0.4) is 0 Å². The summed E-state index contributed by atoms with van der Waals surface area (Å²) in [6.07, 6.45) is 1.75. The van der Waals surface area contributed by atoms with E-state index in [1.54, 1.807) is 0 Å². The summed E-state index contributed by atoms with van der Waals surface area (Å²) in [7, 11) is 0. The van der Waals surface area contributed by atoms with Gasteiger partial charge < -0.3 is 20.3 Å². The molecule has 0 radical (unpaired) electrons. The summed E-state index contributed by atoms with van der Waals surface area (Å²) >= 11 is 0. The number of primary amides is 1. The largest absolute Gasteiger partial charge is 0.492 e. The minimum Gasteiger partial charge on any atom is -0.492 e. The van der Waals surface area contributed by atoms with Crippen LogP contribution < -0.4 is 15.2 Å². The van der Waals surface area contributed by atoms with Gasteiger partial charge in [0.25, 0.3) is 0 Å². The van der Waals surface area contributed by atoms with Crippen LogP contribution in [0.2, 0.25) is 0 Å². The first-order chi connectivity index (χ1) is 16.3. The Bertz CT molecular complexity index is 1290. The molecule has 2 aliphatic rings. The molecule has 0 saturated heterocycles. The molecule has 1 amide bonds. The van der Waals surface area contributed by atoms with Gasteiger partial charge in [-0.05, 0) is 78.3 Å². The van der Waals surface area contributed by atoms with Crippen LogP contribution in [0.25, 0.3) is 11.1 Å². The van der Waals surface area contributed by atoms with Gasteiger partial charge in [-0.3, -0.25) is 9.59 Å². The fraction of sp³-hybridized carbons (Fsp3) is 0.286. The first kappa shape index (κ1) is 22.0. The van der Waals surface area contributed by atoms with E-state index in [0.717, 1.165) is 40.8 Å². The lowest BCUT2D eigenvalue weighted by molar-refractivity contribution is -0.137. The fourth-order valence-corrected chi connectivity index (χ4v) is 5.38. The predicted molar refractivity (Wildman–Crippen MR) is 128 cm³/mol. The van der Waals surface area contributed by atoms with Crippen molar-refractivity contribution in [2.24, 2.45) is 5.73 Å². The van der Waals surface area contributed by atoms with Crippen molar-refractivity contribution >= 4 is 11.9 Å². The standard InChI is InChI=1S/C28H27NO5/c1-15-10-17(28(29)32)11-16(2)27(15)23-5-3-4-22-21(23)8-9-24(22)34-19-6-7-20-18(12-26(30)31)14-33-25(20)13-19/h3-7,10-11,13,18,24H,8-9,12,14H2,1-2H3,(H2,29,32)(H,30,31). The van der Waals surface area contributed by atoms with Crippen LogP contribution in [-0.4, -0.2) is 23.6 Å². The van der Waals surface area contributed by atoms with E-state index in [0.29, 0.717) is 17.9 Å². The normalized spacial score (nSPS) is 18.2. The Morgan fingerprint density at radius 3 is 2.56 bits per heavy atom. The second kappa shape index (κ2) is 8.52. The third-order valence-corrected chi connectivity index (χ3v) is 6.87. The number of hydrogen-bond donors (Lipinski definition) is 2. The van der Waals surface area contributed by atoms with E-state index in [1.807, 2.05) is 44.2 Å². The highest BCUT2D eigenvalue weighted by molar-refractivity contribution is 5.94. The van der Waals surface area contributed by atoms with E-state index in [2.05, 4.69) is 18.2 Å². The second-order valence-electron chi connectivity index (χ2n) is 9.17. The maximum atomic E-state index is 11.7. The van der Waals surface area contributed by atoms with Gasteiger partial charge in [-0.25, -0.2) is 0 Å². The topological polar surface area (TPSA) is 98.9 Å². The molecule has 1 heterocycles. The predicted octanol–water partition coefficient (Wildman–Crippen LogP) is 5.09. The van der Waals surface area contributed by atoms with Crippen LogP contribution in [-0.2, 0) is 11.2 Å². The van der Waals surface area contributed by atoms with Crippen molar-refractivity contribution in [2.45, 2.75) is 45.1 Å². The average Bonchev–Trinajstić information content (AvgIpc) is 3.37. The number of aryl methyl sites for hydroxylation is 2. The molecule has 2 atom stereocenters. The molecule has 174 valence electrons. The van der Waals surface area contributed by atoms with Crippen LogP contribution in [0.1, 0.15) is 63.0 Å². The van der Waals surface area contributed by atoms with Crippen molar-refractivity contribution in [1.29, 1.82) is 0 Å². The minimum absolute atomic E-state index is 0.0607. The van der Waals surface area contributed by atoms with Gasteiger partial charge in [0.15, 0.2) is 0 Å². The van der Waals surface area contributed by atoms with Crippen molar-refractivity contribution in [1.82, 2.24) is 0 Å². The molecule has 6 heteroatoms. The van der Waals surface area contributed by atoms with Crippen molar-refractivity contribution in [3.8, 4) is 22.6 Å². The summed E-state index contributed by atoms with van der Waals surface area (Å²) in [5, 5.41) is 9.11. The van der Waals surface area contributed by atoms with E-state index in [1.165, 1.54) is 16.7 Å². The molecule has 0 saturated carbocycles. The first-order valence-electron chi connectivity index (χ1n) is 11.5. The summed E-state index contributed by atoms with van der Waals surface area (Å²) in [6.45, 7) is 4.41. The number of ether oxygens (including phenoxy) is 2. The Morgan fingerprint density at radius 2 is 1.85 bits per heavy atom. The fourth-order valence-electron chi connectivity index (χ4n) is 5.38. The van der Waals surface area contributed by atoms with E-state index in [4.69, 9.17) is 20.3 Å². The molecule has 1 aliphatic carbocycles. The van der Waals surface area contributed by atoms with Crippen LogP contribution in [0.5, 0.6) is 11.5 Å². The number of hydrogen-bond acceptors (Lipinski definition) is 4. The summed E-state index contributed by atoms with van der Waals surface area (Å²) in [4.78, 5) is 22.8. The number of carbonyl (C=O) groups excluding carboxylic acids is 1. The number of carboxylic acids is 1. The van der Waals surface area contributed by atoms with Crippen LogP contribution >= 0.6 is 0 Å². The van der Waals surface area contributed by atoms with Gasteiger partial charge in [-0.2, -0.15) is 0 Å². The molecule has 3 N–H and O–H groups in total. The van der Waals surface area contributed by atoms with E-state index < -0.39 is 11.9 Å². The molecule has 0 bridgehead atoms. The molecule has 0 aromatic heterocycles. The van der Waals surface area contributed by atoms with E-state index in [9.17, 15) is 9.59 Å².